The zero-order chi connectivity index (χ0) is 26.0. The summed E-state index contributed by atoms with van der Waals surface area (Å²) in [6.45, 7) is 7.24. The molecule has 3 aromatic rings. The second kappa shape index (κ2) is 10.1. The van der Waals surface area contributed by atoms with Crippen LogP contribution < -0.4 is 5.01 Å². The molecule has 0 saturated carbocycles. The molecule has 7 heteroatoms. The summed E-state index contributed by atoms with van der Waals surface area (Å²) in [4.78, 5) is 31.0. The molecule has 0 spiro atoms. The predicted molar refractivity (Wildman–Crippen MR) is 137 cm³/mol. The summed E-state index contributed by atoms with van der Waals surface area (Å²) in [5.74, 6) is -4.57. The van der Waals surface area contributed by atoms with Gasteiger partial charge in [0.15, 0.2) is 5.78 Å². The van der Waals surface area contributed by atoms with Crippen molar-refractivity contribution < 1.29 is 18.4 Å². The number of nitrogens with zero attached hydrogens (tertiary/aromatic N) is 3. The minimum Gasteiger partial charge on any atom is -0.298 e. The van der Waals surface area contributed by atoms with Crippen molar-refractivity contribution in [2.45, 2.75) is 52.4 Å². The Labute approximate surface area is 209 Å². The molecule has 1 aromatic heterocycles. The lowest BCUT2D eigenvalue weighted by molar-refractivity contribution is -0.128. The summed E-state index contributed by atoms with van der Waals surface area (Å²) >= 11 is 0. The van der Waals surface area contributed by atoms with Gasteiger partial charge < -0.3 is 0 Å². The molecule has 1 aliphatic heterocycles. The van der Waals surface area contributed by atoms with Crippen molar-refractivity contribution >= 4 is 23.1 Å². The Morgan fingerprint density at radius 1 is 1.08 bits per heavy atom. The van der Waals surface area contributed by atoms with Crippen LogP contribution in [-0.2, 0) is 21.9 Å². The van der Waals surface area contributed by atoms with Crippen molar-refractivity contribution in [2.24, 2.45) is 11.0 Å². The van der Waals surface area contributed by atoms with Gasteiger partial charge in [-0.1, -0.05) is 57.2 Å². The van der Waals surface area contributed by atoms with Crippen LogP contribution in [0.2, 0.25) is 0 Å². The first kappa shape index (κ1) is 25.4. The van der Waals surface area contributed by atoms with Crippen molar-refractivity contribution in [3.63, 3.8) is 0 Å². The van der Waals surface area contributed by atoms with Crippen LogP contribution >= 0.6 is 0 Å². The molecule has 0 fully saturated rings. The first-order chi connectivity index (χ1) is 17.1. The minimum absolute atomic E-state index is 0.129. The molecule has 1 aliphatic rings. The number of rotatable bonds is 8. The highest BCUT2D eigenvalue weighted by atomic mass is 19.3. The lowest BCUT2D eigenvalue weighted by atomic mass is 9.92. The van der Waals surface area contributed by atoms with Gasteiger partial charge in [0.1, 0.15) is 5.92 Å². The van der Waals surface area contributed by atoms with Crippen molar-refractivity contribution in [1.82, 2.24) is 4.98 Å². The van der Waals surface area contributed by atoms with Gasteiger partial charge in [0.25, 0.3) is 11.8 Å². The molecule has 1 atom stereocenters. The van der Waals surface area contributed by atoms with Gasteiger partial charge in [-0.3, -0.25) is 14.6 Å². The summed E-state index contributed by atoms with van der Waals surface area (Å²) in [6.07, 6.45) is 1.27. The molecule has 0 bridgehead atoms. The Bertz CT molecular complexity index is 1330. The van der Waals surface area contributed by atoms with Crippen LogP contribution in [0.4, 0.5) is 14.5 Å². The van der Waals surface area contributed by atoms with Gasteiger partial charge in [-0.2, -0.15) is 10.1 Å². The van der Waals surface area contributed by atoms with Gasteiger partial charge in [-0.05, 0) is 48.2 Å². The number of carbonyl (C=O) groups excluding carboxylic acids is 2. The Morgan fingerprint density at radius 3 is 2.56 bits per heavy atom. The van der Waals surface area contributed by atoms with E-state index in [-0.39, 0.29) is 30.1 Å². The number of benzene rings is 2. The second-order valence-corrected chi connectivity index (χ2v) is 9.37. The number of ketones is 1. The maximum Gasteiger partial charge on any atom is 0.273 e. The number of carbonyl (C=O) groups is 2. The largest absolute Gasteiger partial charge is 0.298 e. The molecule has 5 nitrogen and oxygen atoms in total. The fourth-order valence-corrected chi connectivity index (χ4v) is 4.45. The lowest BCUT2D eigenvalue weighted by Crippen LogP contribution is -2.33. The molecule has 186 valence electrons. The second-order valence-electron chi connectivity index (χ2n) is 9.37. The van der Waals surface area contributed by atoms with Crippen molar-refractivity contribution in [3.05, 3.63) is 83.6 Å². The van der Waals surface area contributed by atoms with Crippen LogP contribution in [0, 0.1) is 5.92 Å². The zero-order valence-electron chi connectivity index (χ0n) is 20.8. The van der Waals surface area contributed by atoms with E-state index >= 15 is 0 Å². The third kappa shape index (κ3) is 4.96. The summed E-state index contributed by atoms with van der Waals surface area (Å²) in [5, 5.41) is 5.64. The highest BCUT2D eigenvalue weighted by Gasteiger charge is 2.39. The maximum atomic E-state index is 14.1. The van der Waals surface area contributed by atoms with E-state index in [1.54, 1.807) is 25.3 Å². The van der Waals surface area contributed by atoms with E-state index in [4.69, 9.17) is 0 Å². The van der Waals surface area contributed by atoms with E-state index < -0.39 is 17.7 Å². The summed E-state index contributed by atoms with van der Waals surface area (Å²) in [5.41, 5.74) is 4.00. The highest BCUT2D eigenvalue weighted by Crippen LogP contribution is 2.33. The Kier molecular flexibility index (Phi) is 7.11. The third-order valence-corrected chi connectivity index (χ3v) is 6.45. The topological polar surface area (TPSA) is 62.6 Å². The Morgan fingerprint density at radius 2 is 1.83 bits per heavy atom. The van der Waals surface area contributed by atoms with E-state index in [1.165, 1.54) is 30.1 Å². The number of Topliss-reactive ketones (excluding diaryl/α,β-unsaturated/α-hetero) is 1. The van der Waals surface area contributed by atoms with Crippen LogP contribution in [0.25, 0.3) is 11.3 Å². The number of hydrogen-bond donors (Lipinski definition) is 0. The fourth-order valence-electron chi connectivity index (χ4n) is 4.45. The van der Waals surface area contributed by atoms with Crippen LogP contribution in [0.5, 0.6) is 0 Å². The number of aromatic nitrogens is 1. The average molecular weight is 490 g/mol. The SMILES string of the molecule is CCC(F)(F)c1cccc(CC(=O)C2C(=O)N(c3cccc(-c4ncccc4C(C)C)c3)N=C2C)c1. The molecule has 1 unspecified atom stereocenters. The van der Waals surface area contributed by atoms with E-state index in [9.17, 15) is 18.4 Å². The summed E-state index contributed by atoms with van der Waals surface area (Å²) < 4.78 is 28.2. The van der Waals surface area contributed by atoms with Crippen LogP contribution in [0.15, 0.2) is 72.0 Å². The molecular formula is C29H29F2N3O2. The molecule has 0 saturated heterocycles. The monoisotopic (exact) mass is 489 g/mol. The molecule has 0 aliphatic carbocycles. The van der Waals surface area contributed by atoms with Crippen LogP contribution in [0.3, 0.4) is 0 Å². The normalized spacial score (nSPS) is 16.0. The molecule has 0 radical (unpaired) electrons. The van der Waals surface area contributed by atoms with Crippen molar-refractivity contribution in [2.75, 3.05) is 5.01 Å². The number of alkyl halides is 2. The predicted octanol–water partition coefficient (Wildman–Crippen LogP) is 6.52. The number of amides is 1. The maximum absolute atomic E-state index is 14.1. The summed E-state index contributed by atoms with van der Waals surface area (Å²) in [7, 11) is 0. The van der Waals surface area contributed by atoms with Crippen LogP contribution in [0.1, 0.15) is 56.7 Å². The Hall–Kier alpha value is -3.74. The Balaban J connectivity index is 1.57. The molecule has 1 amide bonds. The number of halogens is 2. The van der Waals surface area contributed by atoms with Gasteiger partial charge in [0.2, 0.25) is 0 Å². The highest BCUT2D eigenvalue weighted by molar-refractivity contribution is 6.27. The first-order valence-electron chi connectivity index (χ1n) is 12.1. The van der Waals surface area contributed by atoms with Crippen molar-refractivity contribution in [1.29, 1.82) is 0 Å². The number of pyridine rings is 1. The van der Waals surface area contributed by atoms with E-state index in [0.29, 0.717) is 17.0 Å². The molecular weight excluding hydrogens is 460 g/mol. The van der Waals surface area contributed by atoms with Crippen LogP contribution in [-0.4, -0.2) is 22.4 Å². The standard InChI is InChI=1S/C29H29F2N3O2/c1-5-29(30,31)22-11-6-9-20(15-22)16-25(35)26-19(4)33-34(28(26)36)23-12-7-10-21(17-23)27-24(18(2)3)13-8-14-32-27/h6-15,17-18,26H,5,16H2,1-4H3. The zero-order valence-corrected chi connectivity index (χ0v) is 20.8. The first-order valence-corrected chi connectivity index (χ1v) is 12.1. The molecule has 2 aromatic carbocycles. The molecule has 2 heterocycles. The summed E-state index contributed by atoms with van der Waals surface area (Å²) in [6, 6.07) is 17.1. The lowest BCUT2D eigenvalue weighted by Gasteiger charge is -2.17. The number of hydrogen-bond acceptors (Lipinski definition) is 4. The molecule has 0 N–H and O–H groups in total. The van der Waals surface area contributed by atoms with Gasteiger partial charge in [0.05, 0.1) is 17.1 Å². The number of hydrazone groups is 1. The van der Waals surface area contributed by atoms with Gasteiger partial charge in [-0.25, -0.2) is 8.78 Å². The number of anilines is 1. The van der Waals surface area contributed by atoms with E-state index in [0.717, 1.165) is 16.8 Å². The van der Waals surface area contributed by atoms with E-state index in [2.05, 4.69) is 23.9 Å². The molecule has 36 heavy (non-hydrogen) atoms. The van der Waals surface area contributed by atoms with E-state index in [1.807, 2.05) is 30.3 Å². The van der Waals surface area contributed by atoms with Gasteiger partial charge in [-0.15, -0.1) is 0 Å². The molecule has 4 rings (SSSR count). The smallest absolute Gasteiger partial charge is 0.273 e. The minimum atomic E-state index is -2.97. The van der Waals surface area contributed by atoms with Gasteiger partial charge in [0, 0.05) is 30.2 Å². The fraction of sp³-hybridized carbons (Fsp3) is 0.310. The quantitative estimate of drug-likeness (QED) is 0.338. The van der Waals surface area contributed by atoms with Gasteiger partial charge >= 0.3 is 0 Å². The average Bonchev–Trinajstić information content (AvgIpc) is 3.18. The third-order valence-electron chi connectivity index (χ3n) is 6.45. The van der Waals surface area contributed by atoms with Crippen molar-refractivity contribution in [3.8, 4) is 11.3 Å².